The summed E-state index contributed by atoms with van der Waals surface area (Å²) in [7, 11) is 0. The smallest absolute Gasteiger partial charge is 0.264 e. The summed E-state index contributed by atoms with van der Waals surface area (Å²) in [5.41, 5.74) is 2.09. The minimum atomic E-state index is -0.293. The molecule has 36 heavy (non-hydrogen) atoms. The zero-order valence-electron chi connectivity index (χ0n) is 19.3. The van der Waals surface area contributed by atoms with Gasteiger partial charge in [0.1, 0.15) is 11.6 Å². The van der Waals surface area contributed by atoms with Crippen LogP contribution in [-0.2, 0) is 0 Å². The van der Waals surface area contributed by atoms with Gasteiger partial charge in [0, 0.05) is 23.5 Å². The number of hydrogen-bond donors (Lipinski definition) is 0. The number of benzene rings is 3. The lowest BCUT2D eigenvalue weighted by molar-refractivity contribution is 0.0997. The molecule has 2 heterocycles. The molecule has 2 aromatic heterocycles. The summed E-state index contributed by atoms with van der Waals surface area (Å²) in [6.45, 7) is 0. The van der Waals surface area contributed by atoms with Gasteiger partial charge in [-0.15, -0.1) is 0 Å². The van der Waals surface area contributed by atoms with Crippen LogP contribution in [0.3, 0.4) is 0 Å². The molecular weight excluding hydrogens is 448 g/mol. The van der Waals surface area contributed by atoms with Crippen LogP contribution in [0, 0.1) is 0 Å². The third-order valence-corrected chi connectivity index (χ3v) is 5.55. The third-order valence-electron chi connectivity index (χ3n) is 5.55. The van der Waals surface area contributed by atoms with Gasteiger partial charge in [-0.3, -0.25) is 19.4 Å². The van der Waals surface area contributed by atoms with Crippen LogP contribution < -0.4 is 9.80 Å². The standard InChI is InChI=1S/C30H22N4O2/c35-29(33(25-14-3-1-4-15-25)27-18-7-9-20-31-27)23-12-11-13-24(22-23)30(36)34(26-16-5-2-6-17-26)28-19-8-10-21-32-28/h1-22H. The Morgan fingerprint density at radius 1 is 0.472 bits per heavy atom. The van der Waals surface area contributed by atoms with Crippen LogP contribution in [0.1, 0.15) is 20.7 Å². The highest BCUT2D eigenvalue weighted by Gasteiger charge is 2.24. The number of carbonyl (C=O) groups is 2. The van der Waals surface area contributed by atoms with Crippen LogP contribution in [-0.4, -0.2) is 21.8 Å². The molecule has 0 unspecified atom stereocenters. The van der Waals surface area contributed by atoms with Gasteiger partial charge in [0.05, 0.1) is 11.4 Å². The van der Waals surface area contributed by atoms with E-state index < -0.39 is 0 Å². The number of amides is 2. The predicted octanol–water partition coefficient (Wildman–Crippen LogP) is 6.43. The molecule has 2 amide bonds. The summed E-state index contributed by atoms with van der Waals surface area (Å²) in [5, 5.41) is 0. The van der Waals surface area contributed by atoms with Gasteiger partial charge < -0.3 is 0 Å². The van der Waals surface area contributed by atoms with Gasteiger partial charge in [0.25, 0.3) is 11.8 Å². The number of rotatable bonds is 6. The fourth-order valence-corrected chi connectivity index (χ4v) is 3.88. The van der Waals surface area contributed by atoms with Gasteiger partial charge >= 0.3 is 0 Å². The molecule has 0 saturated carbocycles. The number of hydrogen-bond acceptors (Lipinski definition) is 4. The van der Waals surface area contributed by atoms with Crippen LogP contribution in [0.5, 0.6) is 0 Å². The molecule has 0 N–H and O–H groups in total. The summed E-state index contributed by atoms with van der Waals surface area (Å²) >= 11 is 0. The average molecular weight is 471 g/mol. The molecule has 0 aliphatic rings. The minimum Gasteiger partial charge on any atom is -0.268 e. The molecule has 0 atom stereocenters. The molecule has 5 rings (SSSR count). The number of anilines is 4. The normalized spacial score (nSPS) is 10.4. The van der Waals surface area contributed by atoms with Gasteiger partial charge in [0.15, 0.2) is 0 Å². The fourth-order valence-electron chi connectivity index (χ4n) is 3.88. The first-order valence-corrected chi connectivity index (χ1v) is 11.4. The summed E-state index contributed by atoms with van der Waals surface area (Å²) in [5.74, 6) is 0.395. The van der Waals surface area contributed by atoms with Crippen LogP contribution in [0.15, 0.2) is 134 Å². The van der Waals surface area contributed by atoms with Crippen molar-refractivity contribution in [1.29, 1.82) is 0 Å². The van der Waals surface area contributed by atoms with Crippen molar-refractivity contribution in [2.75, 3.05) is 9.80 Å². The van der Waals surface area contributed by atoms with Crippen molar-refractivity contribution in [2.45, 2.75) is 0 Å². The Balaban J connectivity index is 1.54. The molecule has 0 saturated heterocycles. The van der Waals surface area contributed by atoms with E-state index in [0.29, 0.717) is 34.1 Å². The average Bonchev–Trinajstić information content (AvgIpc) is 2.96. The second-order valence-electron chi connectivity index (χ2n) is 7.91. The summed E-state index contributed by atoms with van der Waals surface area (Å²) in [4.78, 5) is 39.4. The van der Waals surface area contributed by atoms with E-state index >= 15 is 0 Å². The van der Waals surface area contributed by atoms with E-state index in [0.717, 1.165) is 0 Å². The Morgan fingerprint density at radius 3 is 1.28 bits per heavy atom. The van der Waals surface area contributed by atoms with E-state index in [2.05, 4.69) is 9.97 Å². The number of nitrogens with zero attached hydrogens (tertiary/aromatic N) is 4. The van der Waals surface area contributed by atoms with Crippen molar-refractivity contribution in [3.63, 3.8) is 0 Å². The van der Waals surface area contributed by atoms with Crippen LogP contribution in [0.25, 0.3) is 0 Å². The number of para-hydroxylation sites is 2. The van der Waals surface area contributed by atoms with E-state index in [4.69, 9.17) is 0 Å². The molecule has 0 bridgehead atoms. The fraction of sp³-hybridized carbons (Fsp3) is 0. The van der Waals surface area contributed by atoms with Gasteiger partial charge in [-0.25, -0.2) is 9.97 Å². The van der Waals surface area contributed by atoms with Gasteiger partial charge in [-0.05, 0) is 66.7 Å². The summed E-state index contributed by atoms with van der Waals surface area (Å²) < 4.78 is 0. The van der Waals surface area contributed by atoms with Crippen molar-refractivity contribution in [3.05, 3.63) is 145 Å². The van der Waals surface area contributed by atoms with Crippen LogP contribution in [0.4, 0.5) is 23.0 Å². The molecule has 5 aromatic rings. The van der Waals surface area contributed by atoms with Crippen molar-refractivity contribution >= 4 is 34.8 Å². The number of pyridine rings is 2. The summed E-state index contributed by atoms with van der Waals surface area (Å²) in [6.07, 6.45) is 3.28. The zero-order chi connectivity index (χ0) is 24.7. The first-order valence-electron chi connectivity index (χ1n) is 11.4. The molecule has 3 aromatic carbocycles. The van der Waals surface area contributed by atoms with Crippen molar-refractivity contribution < 1.29 is 9.59 Å². The predicted molar refractivity (Wildman–Crippen MR) is 141 cm³/mol. The Labute approximate surface area is 209 Å². The highest BCUT2D eigenvalue weighted by molar-refractivity contribution is 6.14. The van der Waals surface area contributed by atoms with Crippen molar-refractivity contribution in [2.24, 2.45) is 0 Å². The highest BCUT2D eigenvalue weighted by atomic mass is 16.2. The first-order chi connectivity index (χ1) is 17.7. The van der Waals surface area contributed by atoms with E-state index in [1.54, 1.807) is 60.9 Å². The molecule has 0 spiro atoms. The molecule has 6 heteroatoms. The quantitative estimate of drug-likeness (QED) is 0.287. The first kappa shape index (κ1) is 22.7. The van der Waals surface area contributed by atoms with Gasteiger partial charge in [-0.1, -0.05) is 54.6 Å². The molecule has 6 nitrogen and oxygen atoms in total. The maximum Gasteiger partial charge on any atom is 0.264 e. The van der Waals surface area contributed by atoms with E-state index in [1.807, 2.05) is 72.8 Å². The van der Waals surface area contributed by atoms with Crippen LogP contribution >= 0.6 is 0 Å². The Bertz CT molecular complexity index is 1270. The molecule has 174 valence electrons. The number of carbonyl (C=O) groups excluding carboxylic acids is 2. The monoisotopic (exact) mass is 470 g/mol. The molecule has 0 aliphatic carbocycles. The summed E-state index contributed by atoms with van der Waals surface area (Å²) in [6, 6.07) is 36.2. The topological polar surface area (TPSA) is 66.4 Å². The lowest BCUT2D eigenvalue weighted by Crippen LogP contribution is -2.29. The lowest BCUT2D eigenvalue weighted by atomic mass is 10.1. The zero-order valence-corrected chi connectivity index (χ0v) is 19.3. The van der Waals surface area contributed by atoms with E-state index in [9.17, 15) is 9.59 Å². The van der Waals surface area contributed by atoms with E-state index in [-0.39, 0.29) is 11.8 Å². The maximum atomic E-state index is 13.8. The molecular formula is C30H22N4O2. The molecule has 0 fully saturated rings. The van der Waals surface area contributed by atoms with E-state index in [1.165, 1.54) is 9.80 Å². The SMILES string of the molecule is O=C(c1cccc(C(=O)N(c2ccccc2)c2ccccn2)c1)N(c1ccccc1)c1ccccn1. The Kier molecular flexibility index (Phi) is 6.58. The molecule has 0 radical (unpaired) electrons. The van der Waals surface area contributed by atoms with Crippen LogP contribution in [0.2, 0.25) is 0 Å². The molecule has 0 aliphatic heterocycles. The van der Waals surface area contributed by atoms with Crippen molar-refractivity contribution in [1.82, 2.24) is 9.97 Å². The second-order valence-corrected chi connectivity index (χ2v) is 7.91. The Morgan fingerprint density at radius 2 is 0.889 bits per heavy atom. The third kappa shape index (κ3) is 4.74. The second kappa shape index (κ2) is 10.4. The van der Waals surface area contributed by atoms with Gasteiger partial charge in [0.2, 0.25) is 0 Å². The maximum absolute atomic E-state index is 13.8. The number of aromatic nitrogens is 2. The Hall–Kier alpha value is -5.10. The minimum absolute atomic E-state index is 0.293. The largest absolute Gasteiger partial charge is 0.268 e. The van der Waals surface area contributed by atoms with Crippen molar-refractivity contribution in [3.8, 4) is 0 Å². The lowest BCUT2D eigenvalue weighted by Gasteiger charge is -2.23. The van der Waals surface area contributed by atoms with Gasteiger partial charge in [-0.2, -0.15) is 0 Å². The highest BCUT2D eigenvalue weighted by Crippen LogP contribution is 2.28.